The van der Waals surface area contributed by atoms with Gasteiger partial charge in [-0.3, -0.25) is 4.79 Å². The van der Waals surface area contributed by atoms with Crippen LogP contribution in [0.25, 0.3) is 55.4 Å². The van der Waals surface area contributed by atoms with Crippen LogP contribution >= 0.6 is 61.1 Å². The highest BCUT2D eigenvalue weighted by atomic mass is 127. The molecule has 4 aliphatic rings. The Balaban J connectivity index is 0.000000160. The summed E-state index contributed by atoms with van der Waals surface area (Å²) in [6.45, 7) is 35.9. The predicted octanol–water partition coefficient (Wildman–Crippen LogP) is 19.0. The van der Waals surface area contributed by atoms with E-state index >= 15 is 0 Å². The van der Waals surface area contributed by atoms with Gasteiger partial charge in [0, 0.05) is 121 Å². The molecule has 3 aromatic carbocycles. The van der Waals surface area contributed by atoms with Crippen LogP contribution in [0, 0.1) is 31.9 Å². The number of ketones is 1. The average molecular weight is 1940 g/mol. The quantitative estimate of drug-likeness (QED) is 0.0274. The molecule has 4 aliphatic heterocycles. The maximum Gasteiger partial charge on any atom is 0.496 e. The van der Waals surface area contributed by atoms with Crippen molar-refractivity contribution in [2.45, 2.75) is 169 Å². The number of carbonyl (C=O) groups is 1. The van der Waals surface area contributed by atoms with E-state index in [2.05, 4.69) is 139 Å². The molecule has 0 spiro atoms. The molecule has 0 radical (unpaired) electrons. The van der Waals surface area contributed by atoms with Crippen LogP contribution < -0.4 is 37.9 Å². The lowest BCUT2D eigenvalue weighted by atomic mass is 9.49. The van der Waals surface area contributed by atoms with Crippen molar-refractivity contribution in [1.29, 1.82) is 0 Å². The summed E-state index contributed by atoms with van der Waals surface area (Å²) in [5, 5.41) is 13.5. The Kier molecular flexibility index (Phi) is 32.2. The summed E-state index contributed by atoms with van der Waals surface area (Å²) in [5.41, 5.74) is 14.5. The first kappa shape index (κ1) is 96.0. The lowest BCUT2D eigenvalue weighted by molar-refractivity contribution is 0.00578. The number of benzene rings is 3. The normalized spacial score (nSPS) is 16.7. The van der Waals surface area contributed by atoms with Crippen molar-refractivity contribution in [2.24, 2.45) is 0 Å². The number of aromatic nitrogens is 9. The number of hydrogen-bond acceptors (Lipinski definition) is 21. The molecule has 0 amide bonds. The van der Waals surface area contributed by atoms with Crippen molar-refractivity contribution in [3.05, 3.63) is 236 Å². The molecule has 9 aromatic heterocycles. The van der Waals surface area contributed by atoms with Crippen LogP contribution in [-0.2, 0) is 37.2 Å². The van der Waals surface area contributed by atoms with Gasteiger partial charge in [-0.1, -0.05) is 60.7 Å². The molecule has 16 rings (SSSR count). The average Bonchev–Trinajstić information content (AvgIpc) is 1.60. The Hall–Kier alpha value is -8.87. The molecule has 0 atom stereocenters. The number of Topliss-reactive ketones (excluding diaryl/α,β-unsaturated/α-hetero) is 1. The van der Waals surface area contributed by atoms with Gasteiger partial charge >= 0.3 is 28.3 Å². The summed E-state index contributed by atoms with van der Waals surface area (Å²) in [6, 6.07) is 47.5. The van der Waals surface area contributed by atoms with E-state index in [9.17, 15) is 18.0 Å². The minimum absolute atomic E-state index is 0.122. The number of pyridine rings is 7. The highest BCUT2D eigenvalue weighted by Crippen LogP contribution is 2.44. The molecule has 0 bridgehead atoms. The Morgan fingerprint density at radius 3 is 1.02 bits per heavy atom. The van der Waals surface area contributed by atoms with E-state index in [1.165, 1.54) is 40.4 Å². The smallest absolute Gasteiger partial charge is 0.405 e. The van der Waals surface area contributed by atoms with E-state index < -0.39 is 31.9 Å². The van der Waals surface area contributed by atoms with Crippen LogP contribution in [0.4, 0.5) is 42.1 Å². The largest absolute Gasteiger partial charge is 0.496 e. The first-order valence-electron chi connectivity index (χ1n) is 39.2. The van der Waals surface area contributed by atoms with E-state index in [0.29, 0.717) is 5.69 Å². The minimum Gasteiger partial charge on any atom is -0.405 e. The van der Waals surface area contributed by atoms with Gasteiger partial charge in [-0.25, -0.2) is 34.9 Å². The SMILES string of the molecule is CC(=O)c1ccc(I)cc1.CC1(C)OB(B2OC(C)(C)C(C)(C)O2)OC1(C)C.CNc1ccc(-c2ccc(-c3cc4cc(F)ncc4[nH]3)cc2)cn1.CNc1ccc(B2OC(C)(C)C(C)(C)O2)cn1.CNc1ccc(B2OC(C)(C)C(C)(C)O2)cn1.CNc1ccc(Br)cn1.Cc1cc(F)ncc1N.Fc1cc2cc(-c3ccc(I)cc3)[nH]c2cn1. The summed E-state index contributed by atoms with van der Waals surface area (Å²) < 4.78 is 89.3. The number of hydrogen-bond donors (Lipinski definition) is 7. The van der Waals surface area contributed by atoms with Crippen molar-refractivity contribution in [3.8, 4) is 33.6 Å². The molecule has 0 aliphatic carbocycles. The van der Waals surface area contributed by atoms with E-state index in [0.717, 1.165) is 109 Å². The monoisotopic (exact) mass is 1940 g/mol. The van der Waals surface area contributed by atoms with Crippen LogP contribution in [0.3, 0.4) is 0 Å². The van der Waals surface area contributed by atoms with E-state index in [1.807, 2.05) is 266 Å². The van der Waals surface area contributed by atoms with Gasteiger partial charge in [0.15, 0.2) is 5.78 Å². The topological polar surface area (TPSA) is 287 Å². The molecule has 121 heavy (non-hydrogen) atoms. The maximum atomic E-state index is 13.2. The maximum absolute atomic E-state index is 13.2. The molecule has 12 aromatic rings. The molecular weight excluding hydrogens is 1830 g/mol. The number of aryl methyl sites for hydroxylation is 1. The summed E-state index contributed by atoms with van der Waals surface area (Å²) in [7, 11) is 5.76. The number of anilines is 5. The number of carbonyl (C=O) groups excluding carboxylic acids is 1. The van der Waals surface area contributed by atoms with Crippen molar-refractivity contribution < 1.29 is 55.2 Å². The molecular formula is C88H106B4BrF3I2N14O9. The van der Waals surface area contributed by atoms with E-state index in [-0.39, 0.29) is 64.8 Å². The number of rotatable bonds is 11. The molecule has 4 saturated heterocycles. The first-order chi connectivity index (χ1) is 56.8. The standard InChI is InChI=1S/C19H15FN4.C13H8FIN2.C12H24B2O4.2C12H19BN2O2.C8H7IO.C6H7BrN2.C6H7FN2/c1-21-19-7-6-14(10-23-19)12-2-4-13(5-3-12)16-8-15-9-18(20)22-11-17(15)24-16;14-13-6-9-5-11(17-12(9)7-16-13)8-1-3-10(15)4-2-8;1-9(2)10(3,4)16-13(15-9)14-17-11(5,6)12(7,8)18-14;2*1-11(2)12(3,4)17-13(16-11)9-6-7-10(14-5)15-8-9;1-6(10)7-2-4-8(9)5-3-7;1-8-6-3-2-5(7)4-9-6;1-4-2-6(7)9-3-5(4)8/h2-11,24H,1H3,(H,21,23);1-7,17H;1-8H3;2*6-8H,1-5H3,(H,14,15);2-5H,1H3;2-4H,1H3,(H,8,9);2-3H,8H2,1H3. The van der Waals surface area contributed by atoms with Crippen LogP contribution in [0.5, 0.6) is 0 Å². The zero-order chi connectivity index (χ0) is 88.8. The number of nitrogens with two attached hydrogens (primary N) is 1. The molecule has 0 unspecified atom stereocenters. The van der Waals surface area contributed by atoms with Gasteiger partial charge in [-0.05, 0) is 287 Å². The summed E-state index contributed by atoms with van der Waals surface area (Å²) in [4.78, 5) is 44.8. The lowest BCUT2D eigenvalue weighted by Crippen LogP contribution is -2.41. The Labute approximate surface area is 745 Å². The zero-order valence-corrected chi connectivity index (χ0v) is 78.3. The zero-order valence-electron chi connectivity index (χ0n) is 72.4. The number of nitrogen functional groups attached to an aromatic ring is 1. The third kappa shape index (κ3) is 25.4. The second-order valence-electron chi connectivity index (χ2n) is 32.7. The molecule has 636 valence electrons. The van der Waals surface area contributed by atoms with Gasteiger partial charge in [0.1, 0.15) is 23.3 Å². The predicted molar refractivity (Wildman–Crippen MR) is 504 cm³/mol. The summed E-state index contributed by atoms with van der Waals surface area (Å²) in [6.07, 6.45) is 11.5. The molecule has 4 fully saturated rings. The van der Waals surface area contributed by atoms with Gasteiger partial charge in [0.25, 0.3) is 0 Å². The highest BCUT2D eigenvalue weighted by molar-refractivity contribution is 14.1. The third-order valence-electron chi connectivity index (χ3n) is 21.9. The van der Waals surface area contributed by atoms with Gasteiger partial charge in [0.2, 0.25) is 17.8 Å². The minimum atomic E-state index is -0.485. The highest BCUT2D eigenvalue weighted by Gasteiger charge is 2.64. The number of fused-ring (bicyclic) bond motifs is 2. The lowest BCUT2D eigenvalue weighted by Gasteiger charge is -2.32. The number of nitrogens with one attached hydrogen (secondary N) is 6. The third-order valence-corrected chi connectivity index (χ3v) is 23.8. The van der Waals surface area contributed by atoms with Crippen LogP contribution in [0.15, 0.2) is 200 Å². The van der Waals surface area contributed by atoms with Gasteiger partial charge < -0.3 is 74.2 Å². The van der Waals surface area contributed by atoms with Gasteiger partial charge in [-0.2, -0.15) is 13.2 Å². The Morgan fingerprint density at radius 1 is 0.388 bits per heavy atom. The van der Waals surface area contributed by atoms with Crippen molar-refractivity contribution in [2.75, 3.05) is 55.2 Å². The fourth-order valence-corrected chi connectivity index (χ4v) is 12.5. The summed E-state index contributed by atoms with van der Waals surface area (Å²) in [5.74, 6) is 2.12. The van der Waals surface area contributed by atoms with Crippen molar-refractivity contribution >= 4 is 157 Å². The second-order valence-corrected chi connectivity index (χ2v) is 36.1. The molecule has 33 heteroatoms. The van der Waals surface area contributed by atoms with Crippen LogP contribution in [-0.4, -0.2) is 152 Å². The molecule has 13 heterocycles. The van der Waals surface area contributed by atoms with Crippen molar-refractivity contribution in [1.82, 2.24) is 44.9 Å². The van der Waals surface area contributed by atoms with Crippen LogP contribution in [0.2, 0.25) is 0 Å². The van der Waals surface area contributed by atoms with Crippen molar-refractivity contribution in [3.63, 3.8) is 0 Å². The van der Waals surface area contributed by atoms with Crippen LogP contribution in [0.1, 0.15) is 134 Å². The fraction of sp³-hybridized carbons (Fsp3) is 0.341. The Bertz CT molecular complexity index is 5220. The number of nitrogens with zero attached hydrogens (tertiary/aromatic N) is 7. The Morgan fingerprint density at radius 2 is 0.702 bits per heavy atom. The van der Waals surface area contributed by atoms with E-state index in [1.54, 1.807) is 32.4 Å². The van der Waals surface area contributed by atoms with E-state index in [4.69, 9.17) is 43.0 Å². The fourth-order valence-electron chi connectivity index (χ4n) is 11.6. The number of halogens is 6. The van der Waals surface area contributed by atoms with Gasteiger partial charge in [0.05, 0.1) is 80.1 Å². The molecule has 8 N–H and O–H groups in total. The number of aromatic amines is 2. The van der Waals surface area contributed by atoms with Gasteiger partial charge in [-0.15, -0.1) is 0 Å². The second kappa shape index (κ2) is 40.6. The molecule has 23 nitrogen and oxygen atoms in total. The summed E-state index contributed by atoms with van der Waals surface area (Å²) >= 11 is 7.76. The number of H-pyrrole nitrogens is 2. The first-order valence-corrected chi connectivity index (χ1v) is 42.1. The molecule has 0 saturated carbocycles.